The summed E-state index contributed by atoms with van der Waals surface area (Å²) in [7, 11) is 0. The number of hydrogen-bond donors (Lipinski definition) is 1. The van der Waals surface area contributed by atoms with Crippen LogP contribution < -0.4 is 0 Å². The summed E-state index contributed by atoms with van der Waals surface area (Å²) in [5.74, 6) is 0.0850. The summed E-state index contributed by atoms with van der Waals surface area (Å²) in [4.78, 5) is 11.8. The molecule has 0 atom stereocenters. The molecular formula is C10H11N3O. The molecule has 72 valence electrons. The second kappa shape index (κ2) is 3.21. The van der Waals surface area contributed by atoms with Crippen LogP contribution in [0.25, 0.3) is 11.0 Å². The van der Waals surface area contributed by atoms with Crippen molar-refractivity contribution in [3.8, 4) is 0 Å². The van der Waals surface area contributed by atoms with Gasteiger partial charge in [-0.05, 0) is 12.1 Å². The van der Waals surface area contributed by atoms with Gasteiger partial charge >= 0.3 is 0 Å². The normalized spacial score (nSPS) is 11.1. The van der Waals surface area contributed by atoms with Crippen molar-refractivity contribution in [3.05, 3.63) is 23.8 Å². The maximum Gasteiger partial charge on any atom is 0.167 e. The van der Waals surface area contributed by atoms with Gasteiger partial charge in [-0.15, -0.1) is 0 Å². The predicted molar refractivity (Wildman–Crippen MR) is 53.1 cm³/mol. The fourth-order valence-electron chi connectivity index (χ4n) is 1.38. The summed E-state index contributed by atoms with van der Waals surface area (Å²) >= 11 is 0. The van der Waals surface area contributed by atoms with Gasteiger partial charge in [-0.2, -0.15) is 15.4 Å². The minimum atomic E-state index is -0.0164. The number of para-hydroxylation sites is 1. The van der Waals surface area contributed by atoms with Crippen LogP contribution in [0.15, 0.2) is 18.2 Å². The number of aromatic nitrogens is 3. The Labute approximate surface area is 81.3 Å². The lowest BCUT2D eigenvalue weighted by atomic mass is 10.00. The highest BCUT2D eigenvalue weighted by Gasteiger charge is 2.15. The van der Waals surface area contributed by atoms with E-state index in [0.29, 0.717) is 11.1 Å². The van der Waals surface area contributed by atoms with Crippen LogP contribution in [-0.4, -0.2) is 21.2 Å². The van der Waals surface area contributed by atoms with Crippen LogP contribution >= 0.6 is 0 Å². The molecule has 1 heterocycles. The number of nitrogens with zero attached hydrogens (tertiary/aromatic N) is 2. The zero-order chi connectivity index (χ0) is 10.1. The first kappa shape index (κ1) is 8.87. The fourth-order valence-corrected chi connectivity index (χ4v) is 1.38. The SMILES string of the molecule is CC(C)C(=O)c1cccc2n[nH]nc12. The Morgan fingerprint density at radius 2 is 2.14 bits per heavy atom. The van der Waals surface area contributed by atoms with Gasteiger partial charge in [-0.25, -0.2) is 0 Å². The minimum Gasteiger partial charge on any atom is -0.294 e. The van der Waals surface area contributed by atoms with Crippen molar-refractivity contribution in [2.75, 3.05) is 0 Å². The van der Waals surface area contributed by atoms with E-state index in [1.54, 1.807) is 6.07 Å². The Kier molecular flexibility index (Phi) is 2.04. The number of benzene rings is 1. The first-order valence-corrected chi connectivity index (χ1v) is 4.54. The van der Waals surface area contributed by atoms with Crippen LogP contribution in [-0.2, 0) is 0 Å². The zero-order valence-electron chi connectivity index (χ0n) is 8.11. The van der Waals surface area contributed by atoms with Crippen LogP contribution in [0.2, 0.25) is 0 Å². The lowest BCUT2D eigenvalue weighted by Gasteiger charge is -2.03. The Bertz CT molecular complexity index is 473. The molecule has 0 aliphatic heterocycles. The third kappa shape index (κ3) is 1.28. The van der Waals surface area contributed by atoms with Gasteiger partial charge in [0.25, 0.3) is 0 Å². The van der Waals surface area contributed by atoms with Gasteiger partial charge in [0.1, 0.15) is 11.0 Å². The molecule has 0 spiro atoms. The van der Waals surface area contributed by atoms with E-state index in [4.69, 9.17) is 0 Å². The summed E-state index contributed by atoms with van der Waals surface area (Å²) < 4.78 is 0. The molecule has 1 aromatic heterocycles. The van der Waals surface area contributed by atoms with Crippen LogP contribution in [0.1, 0.15) is 24.2 Å². The lowest BCUT2D eigenvalue weighted by Crippen LogP contribution is -2.07. The maximum atomic E-state index is 11.8. The van der Waals surface area contributed by atoms with Crippen molar-refractivity contribution >= 4 is 16.8 Å². The molecule has 0 radical (unpaired) electrons. The van der Waals surface area contributed by atoms with Crippen LogP contribution in [0.4, 0.5) is 0 Å². The van der Waals surface area contributed by atoms with E-state index in [1.807, 2.05) is 26.0 Å². The quantitative estimate of drug-likeness (QED) is 0.733. The third-order valence-electron chi connectivity index (χ3n) is 2.14. The molecule has 0 aliphatic carbocycles. The Morgan fingerprint density at radius 1 is 1.36 bits per heavy atom. The van der Waals surface area contributed by atoms with Crippen LogP contribution in [0, 0.1) is 5.92 Å². The highest BCUT2D eigenvalue weighted by Crippen LogP contribution is 2.16. The predicted octanol–water partition coefficient (Wildman–Crippen LogP) is 1.80. The number of H-pyrrole nitrogens is 1. The molecule has 0 saturated heterocycles. The van der Waals surface area contributed by atoms with E-state index in [2.05, 4.69) is 15.4 Å². The number of carbonyl (C=O) groups excluding carboxylic acids is 1. The van der Waals surface area contributed by atoms with Gasteiger partial charge in [-0.1, -0.05) is 19.9 Å². The van der Waals surface area contributed by atoms with Gasteiger partial charge in [0.15, 0.2) is 5.78 Å². The second-order valence-electron chi connectivity index (χ2n) is 3.52. The van der Waals surface area contributed by atoms with Crippen molar-refractivity contribution in [1.82, 2.24) is 15.4 Å². The van der Waals surface area contributed by atoms with Gasteiger partial charge in [0.2, 0.25) is 0 Å². The minimum absolute atomic E-state index is 0.0164. The van der Waals surface area contributed by atoms with Crippen molar-refractivity contribution in [2.24, 2.45) is 5.92 Å². The maximum absolute atomic E-state index is 11.8. The Morgan fingerprint density at radius 3 is 2.86 bits per heavy atom. The first-order chi connectivity index (χ1) is 6.70. The molecule has 4 heteroatoms. The largest absolute Gasteiger partial charge is 0.294 e. The second-order valence-corrected chi connectivity index (χ2v) is 3.52. The zero-order valence-corrected chi connectivity index (χ0v) is 8.11. The number of carbonyl (C=O) groups is 1. The van der Waals surface area contributed by atoms with E-state index in [1.165, 1.54) is 0 Å². The Hall–Kier alpha value is -1.71. The molecule has 0 unspecified atom stereocenters. The molecule has 0 amide bonds. The Balaban J connectivity index is 2.62. The summed E-state index contributed by atoms with van der Waals surface area (Å²) in [6.45, 7) is 3.75. The molecule has 0 fully saturated rings. The van der Waals surface area contributed by atoms with Gasteiger partial charge < -0.3 is 0 Å². The number of fused-ring (bicyclic) bond motifs is 1. The molecule has 14 heavy (non-hydrogen) atoms. The molecule has 0 bridgehead atoms. The molecule has 0 aliphatic rings. The van der Waals surface area contributed by atoms with Gasteiger partial charge in [0, 0.05) is 11.5 Å². The molecule has 2 rings (SSSR count). The topological polar surface area (TPSA) is 58.6 Å². The fraction of sp³-hybridized carbons (Fsp3) is 0.300. The summed E-state index contributed by atoms with van der Waals surface area (Å²) in [6, 6.07) is 5.43. The van der Waals surface area contributed by atoms with Crippen LogP contribution in [0.3, 0.4) is 0 Å². The van der Waals surface area contributed by atoms with Crippen molar-refractivity contribution in [3.63, 3.8) is 0 Å². The van der Waals surface area contributed by atoms with Gasteiger partial charge in [-0.3, -0.25) is 4.79 Å². The highest BCUT2D eigenvalue weighted by molar-refractivity contribution is 6.06. The van der Waals surface area contributed by atoms with Crippen molar-refractivity contribution in [1.29, 1.82) is 0 Å². The third-order valence-corrected chi connectivity index (χ3v) is 2.14. The molecule has 1 N–H and O–H groups in total. The average Bonchev–Trinajstić information content (AvgIpc) is 2.63. The molecule has 0 saturated carbocycles. The summed E-state index contributed by atoms with van der Waals surface area (Å²) in [6.07, 6.45) is 0. The van der Waals surface area contributed by atoms with Gasteiger partial charge in [0.05, 0.1) is 0 Å². The summed E-state index contributed by atoms with van der Waals surface area (Å²) in [5.41, 5.74) is 2.04. The number of Topliss-reactive ketones (excluding diaryl/α,β-unsaturated/α-hetero) is 1. The monoisotopic (exact) mass is 189 g/mol. The lowest BCUT2D eigenvalue weighted by molar-refractivity contribution is 0.0941. The molecular weight excluding hydrogens is 178 g/mol. The van der Waals surface area contributed by atoms with Crippen LogP contribution in [0.5, 0.6) is 0 Å². The number of hydrogen-bond acceptors (Lipinski definition) is 3. The standard InChI is InChI=1S/C10H11N3O/c1-6(2)10(14)7-4-3-5-8-9(7)12-13-11-8/h3-6H,1-2H3,(H,11,12,13). The molecule has 2 aromatic rings. The van der Waals surface area contributed by atoms with E-state index >= 15 is 0 Å². The summed E-state index contributed by atoms with van der Waals surface area (Å²) in [5, 5.41) is 10.4. The number of rotatable bonds is 2. The number of aromatic amines is 1. The van der Waals surface area contributed by atoms with Crippen molar-refractivity contribution in [2.45, 2.75) is 13.8 Å². The highest BCUT2D eigenvalue weighted by atomic mass is 16.1. The molecule has 1 aromatic carbocycles. The van der Waals surface area contributed by atoms with E-state index < -0.39 is 0 Å². The van der Waals surface area contributed by atoms with Crippen molar-refractivity contribution < 1.29 is 4.79 Å². The van der Waals surface area contributed by atoms with E-state index in [0.717, 1.165) is 5.52 Å². The number of ketones is 1. The number of nitrogens with one attached hydrogen (secondary N) is 1. The molecule has 4 nitrogen and oxygen atoms in total. The van der Waals surface area contributed by atoms with E-state index in [9.17, 15) is 4.79 Å². The average molecular weight is 189 g/mol. The first-order valence-electron chi connectivity index (χ1n) is 4.54. The smallest absolute Gasteiger partial charge is 0.167 e. The van der Waals surface area contributed by atoms with E-state index in [-0.39, 0.29) is 11.7 Å².